The van der Waals surface area contributed by atoms with Gasteiger partial charge in [0.1, 0.15) is 0 Å². The number of halogens is 1. The number of piperazine rings is 1. The molecule has 0 amide bonds. The molecule has 1 aliphatic heterocycles. The van der Waals surface area contributed by atoms with Crippen LogP contribution in [0.25, 0.3) is 0 Å². The van der Waals surface area contributed by atoms with Crippen LogP contribution >= 0.6 is 11.6 Å². The number of carbonyl (C=O) groups is 1. The molecule has 3 nitrogen and oxygen atoms in total. The number of hydrogen-bond acceptors (Lipinski definition) is 3. The van der Waals surface area contributed by atoms with Gasteiger partial charge in [0.2, 0.25) is 0 Å². The van der Waals surface area contributed by atoms with Gasteiger partial charge >= 0.3 is 0 Å². The molecule has 0 aromatic heterocycles. The molecule has 0 bridgehead atoms. The molecule has 19 heavy (non-hydrogen) atoms. The summed E-state index contributed by atoms with van der Waals surface area (Å²) in [6.45, 7) is 8.95. The second kappa shape index (κ2) is 7.04. The molecule has 4 heteroatoms. The first-order chi connectivity index (χ1) is 9.19. The SMILES string of the molecule is CCCN1CCN(Cc2ccc(C(=O)Cl)cc2)CC1. The molecule has 1 aliphatic rings. The van der Waals surface area contributed by atoms with E-state index in [0.717, 1.165) is 32.7 Å². The van der Waals surface area contributed by atoms with Gasteiger partial charge in [-0.3, -0.25) is 9.69 Å². The molecule has 1 heterocycles. The summed E-state index contributed by atoms with van der Waals surface area (Å²) in [5.41, 5.74) is 1.81. The van der Waals surface area contributed by atoms with Crippen LogP contribution in [0.3, 0.4) is 0 Å². The van der Waals surface area contributed by atoms with Crippen molar-refractivity contribution in [2.45, 2.75) is 19.9 Å². The largest absolute Gasteiger partial charge is 0.301 e. The van der Waals surface area contributed by atoms with Gasteiger partial charge in [-0.1, -0.05) is 19.1 Å². The molecule has 0 N–H and O–H groups in total. The number of rotatable bonds is 5. The lowest BCUT2D eigenvalue weighted by Crippen LogP contribution is -2.45. The zero-order chi connectivity index (χ0) is 13.7. The van der Waals surface area contributed by atoms with Gasteiger partial charge in [-0.05, 0) is 42.3 Å². The Labute approximate surface area is 120 Å². The highest BCUT2D eigenvalue weighted by Gasteiger charge is 2.16. The standard InChI is InChI=1S/C15H21ClN2O/c1-2-7-17-8-10-18(11-9-17)12-13-3-5-14(6-4-13)15(16)19/h3-6H,2,7-12H2,1H3. The molecule has 0 radical (unpaired) electrons. The lowest BCUT2D eigenvalue weighted by molar-refractivity contribution is 0.108. The summed E-state index contributed by atoms with van der Waals surface area (Å²) in [5, 5.41) is -0.389. The first-order valence-electron chi connectivity index (χ1n) is 6.92. The van der Waals surface area contributed by atoms with Gasteiger partial charge in [0.05, 0.1) is 0 Å². The summed E-state index contributed by atoms with van der Waals surface area (Å²) in [4.78, 5) is 16.0. The summed E-state index contributed by atoms with van der Waals surface area (Å²) >= 11 is 5.44. The number of hydrogen-bond donors (Lipinski definition) is 0. The Hall–Kier alpha value is -0.900. The molecular formula is C15H21ClN2O. The molecule has 1 fully saturated rings. The summed E-state index contributed by atoms with van der Waals surface area (Å²) in [5.74, 6) is 0. The van der Waals surface area contributed by atoms with Crippen molar-refractivity contribution in [3.05, 3.63) is 35.4 Å². The van der Waals surface area contributed by atoms with Crippen molar-refractivity contribution >= 4 is 16.8 Å². The van der Waals surface area contributed by atoms with Crippen molar-refractivity contribution in [1.82, 2.24) is 9.80 Å². The minimum absolute atomic E-state index is 0.389. The lowest BCUT2D eigenvalue weighted by Gasteiger charge is -2.34. The zero-order valence-electron chi connectivity index (χ0n) is 11.4. The van der Waals surface area contributed by atoms with Gasteiger partial charge in [0.15, 0.2) is 0 Å². The Morgan fingerprint density at radius 2 is 1.68 bits per heavy atom. The fourth-order valence-corrected chi connectivity index (χ4v) is 2.61. The first-order valence-corrected chi connectivity index (χ1v) is 7.30. The van der Waals surface area contributed by atoms with Crippen LogP contribution in [0.4, 0.5) is 0 Å². The summed E-state index contributed by atoms with van der Waals surface area (Å²) in [6, 6.07) is 7.60. The van der Waals surface area contributed by atoms with Crippen molar-refractivity contribution in [2.24, 2.45) is 0 Å². The highest BCUT2D eigenvalue weighted by atomic mass is 35.5. The van der Waals surface area contributed by atoms with Crippen molar-refractivity contribution in [1.29, 1.82) is 0 Å². The maximum Gasteiger partial charge on any atom is 0.252 e. The third kappa shape index (κ3) is 4.30. The van der Waals surface area contributed by atoms with E-state index in [-0.39, 0.29) is 5.24 Å². The highest BCUT2D eigenvalue weighted by molar-refractivity contribution is 6.67. The Morgan fingerprint density at radius 3 is 2.21 bits per heavy atom. The van der Waals surface area contributed by atoms with E-state index in [0.29, 0.717) is 5.56 Å². The van der Waals surface area contributed by atoms with Crippen LogP contribution < -0.4 is 0 Å². The molecule has 1 aromatic carbocycles. The van der Waals surface area contributed by atoms with E-state index >= 15 is 0 Å². The van der Waals surface area contributed by atoms with Crippen molar-refractivity contribution in [2.75, 3.05) is 32.7 Å². The van der Waals surface area contributed by atoms with Crippen LogP contribution in [-0.4, -0.2) is 47.8 Å². The number of carbonyl (C=O) groups excluding carboxylic acids is 1. The molecule has 0 atom stereocenters. The number of nitrogens with zero attached hydrogens (tertiary/aromatic N) is 2. The van der Waals surface area contributed by atoms with Crippen LogP contribution in [0.2, 0.25) is 0 Å². The summed E-state index contributed by atoms with van der Waals surface area (Å²) in [6.07, 6.45) is 1.23. The van der Waals surface area contributed by atoms with Gasteiger partial charge in [-0.15, -0.1) is 0 Å². The van der Waals surface area contributed by atoms with Crippen molar-refractivity contribution in [3.63, 3.8) is 0 Å². The number of benzene rings is 1. The van der Waals surface area contributed by atoms with E-state index in [1.807, 2.05) is 12.1 Å². The second-order valence-electron chi connectivity index (χ2n) is 5.09. The van der Waals surface area contributed by atoms with E-state index in [4.69, 9.17) is 11.6 Å². The first kappa shape index (κ1) is 14.5. The summed E-state index contributed by atoms with van der Waals surface area (Å²) < 4.78 is 0. The van der Waals surface area contributed by atoms with Crippen LogP contribution in [0.5, 0.6) is 0 Å². The molecule has 2 rings (SSSR count). The van der Waals surface area contributed by atoms with E-state index in [2.05, 4.69) is 16.7 Å². The Kier molecular flexibility index (Phi) is 5.37. The Bertz CT molecular complexity index is 411. The summed E-state index contributed by atoms with van der Waals surface area (Å²) in [7, 11) is 0. The lowest BCUT2D eigenvalue weighted by atomic mass is 10.1. The molecule has 1 aromatic rings. The van der Waals surface area contributed by atoms with Crippen molar-refractivity contribution < 1.29 is 4.79 Å². The monoisotopic (exact) mass is 280 g/mol. The molecule has 0 unspecified atom stereocenters. The quantitative estimate of drug-likeness (QED) is 0.775. The van der Waals surface area contributed by atoms with Crippen LogP contribution in [0, 0.1) is 0 Å². The maximum atomic E-state index is 11.0. The van der Waals surface area contributed by atoms with E-state index < -0.39 is 0 Å². The fraction of sp³-hybridized carbons (Fsp3) is 0.533. The molecular weight excluding hydrogens is 260 g/mol. The molecule has 0 aliphatic carbocycles. The third-order valence-electron chi connectivity index (χ3n) is 3.59. The third-order valence-corrected chi connectivity index (χ3v) is 3.81. The topological polar surface area (TPSA) is 23.6 Å². The minimum Gasteiger partial charge on any atom is -0.301 e. The van der Waals surface area contributed by atoms with E-state index in [9.17, 15) is 4.79 Å². The zero-order valence-corrected chi connectivity index (χ0v) is 12.2. The Morgan fingerprint density at radius 1 is 1.11 bits per heavy atom. The average molecular weight is 281 g/mol. The predicted molar refractivity (Wildman–Crippen MR) is 78.6 cm³/mol. The predicted octanol–water partition coefficient (Wildman–Crippen LogP) is 2.59. The van der Waals surface area contributed by atoms with Gasteiger partial charge in [0.25, 0.3) is 5.24 Å². The van der Waals surface area contributed by atoms with E-state index in [1.165, 1.54) is 18.5 Å². The molecule has 0 saturated carbocycles. The second-order valence-corrected chi connectivity index (χ2v) is 5.43. The minimum atomic E-state index is -0.389. The van der Waals surface area contributed by atoms with Crippen LogP contribution in [0.15, 0.2) is 24.3 Å². The highest BCUT2D eigenvalue weighted by Crippen LogP contribution is 2.11. The fourth-order valence-electron chi connectivity index (χ4n) is 2.49. The smallest absolute Gasteiger partial charge is 0.252 e. The van der Waals surface area contributed by atoms with Crippen LogP contribution in [-0.2, 0) is 6.54 Å². The Balaban J connectivity index is 1.83. The van der Waals surface area contributed by atoms with Crippen molar-refractivity contribution in [3.8, 4) is 0 Å². The van der Waals surface area contributed by atoms with Gasteiger partial charge < -0.3 is 4.90 Å². The maximum absolute atomic E-state index is 11.0. The van der Waals surface area contributed by atoms with E-state index in [1.54, 1.807) is 12.1 Å². The van der Waals surface area contributed by atoms with Gasteiger partial charge in [0, 0.05) is 38.3 Å². The van der Waals surface area contributed by atoms with Gasteiger partial charge in [-0.25, -0.2) is 0 Å². The van der Waals surface area contributed by atoms with Crippen LogP contribution in [0.1, 0.15) is 29.3 Å². The molecule has 1 saturated heterocycles. The molecule has 104 valence electrons. The molecule has 0 spiro atoms. The van der Waals surface area contributed by atoms with Gasteiger partial charge in [-0.2, -0.15) is 0 Å². The normalized spacial score (nSPS) is 17.6. The average Bonchev–Trinajstić information content (AvgIpc) is 2.42.